The minimum absolute atomic E-state index is 0.00756. The molecule has 3 heteroatoms. The predicted octanol–water partition coefficient (Wildman–Crippen LogP) is 5.26. The maximum atomic E-state index is 5.71. The smallest absolute Gasteiger partial charge is 0.213 e. The topological polar surface area (TPSA) is 35.0 Å². The summed E-state index contributed by atoms with van der Waals surface area (Å²) in [4.78, 5) is 9.53. The number of pyridine rings is 2. The van der Waals surface area contributed by atoms with Crippen LogP contribution >= 0.6 is 0 Å². The molecule has 0 atom stereocenters. The standard InChI is InChI=1S/C22H32N2O/c1-8-17-11-10-12-18(23-17)22(6,7)15-16-13-19(21(3,4)5)24-20(14-16)25-9-2/h10-14H,8-9,15H2,1-7H3. The highest BCUT2D eigenvalue weighted by Gasteiger charge is 2.25. The summed E-state index contributed by atoms with van der Waals surface area (Å²) in [6, 6.07) is 10.6. The maximum Gasteiger partial charge on any atom is 0.213 e. The molecule has 0 fully saturated rings. The first kappa shape index (κ1) is 19.4. The molecule has 136 valence electrons. The van der Waals surface area contributed by atoms with E-state index in [-0.39, 0.29) is 10.8 Å². The average Bonchev–Trinajstić information content (AvgIpc) is 2.54. The lowest BCUT2D eigenvalue weighted by molar-refractivity contribution is 0.322. The first-order valence-electron chi connectivity index (χ1n) is 9.26. The van der Waals surface area contributed by atoms with E-state index >= 15 is 0 Å². The largest absolute Gasteiger partial charge is 0.478 e. The summed E-state index contributed by atoms with van der Waals surface area (Å²) >= 11 is 0. The Kier molecular flexibility index (Phi) is 5.87. The lowest BCUT2D eigenvalue weighted by atomic mass is 9.81. The molecular weight excluding hydrogens is 308 g/mol. The molecular formula is C22H32N2O. The monoisotopic (exact) mass is 340 g/mol. The highest BCUT2D eigenvalue weighted by molar-refractivity contribution is 5.32. The molecule has 3 nitrogen and oxygen atoms in total. The fourth-order valence-corrected chi connectivity index (χ4v) is 2.92. The number of aromatic nitrogens is 2. The van der Waals surface area contributed by atoms with Gasteiger partial charge in [0.25, 0.3) is 0 Å². The van der Waals surface area contributed by atoms with Crippen LogP contribution in [0, 0.1) is 0 Å². The van der Waals surface area contributed by atoms with Gasteiger partial charge in [0.05, 0.1) is 12.3 Å². The van der Waals surface area contributed by atoms with Gasteiger partial charge in [-0.3, -0.25) is 4.98 Å². The Balaban J connectivity index is 2.38. The number of nitrogens with zero attached hydrogens (tertiary/aromatic N) is 2. The van der Waals surface area contributed by atoms with E-state index < -0.39 is 0 Å². The number of hydrogen-bond donors (Lipinski definition) is 0. The van der Waals surface area contributed by atoms with E-state index in [2.05, 4.69) is 76.9 Å². The number of ether oxygens (including phenoxy) is 1. The van der Waals surface area contributed by atoms with E-state index in [9.17, 15) is 0 Å². The van der Waals surface area contributed by atoms with Crippen LogP contribution in [0.25, 0.3) is 0 Å². The Morgan fingerprint density at radius 3 is 2.24 bits per heavy atom. The minimum Gasteiger partial charge on any atom is -0.478 e. The molecule has 0 aromatic carbocycles. The van der Waals surface area contributed by atoms with Crippen molar-refractivity contribution in [2.45, 2.75) is 72.1 Å². The summed E-state index contributed by atoms with van der Waals surface area (Å²) in [5.41, 5.74) is 4.54. The van der Waals surface area contributed by atoms with Gasteiger partial charge in [-0.25, -0.2) is 4.98 Å². The van der Waals surface area contributed by atoms with Crippen molar-refractivity contribution in [3.8, 4) is 5.88 Å². The van der Waals surface area contributed by atoms with Gasteiger partial charge in [-0.2, -0.15) is 0 Å². The summed E-state index contributed by atoms with van der Waals surface area (Å²) < 4.78 is 5.71. The predicted molar refractivity (Wildman–Crippen MR) is 104 cm³/mol. The normalized spacial score (nSPS) is 12.3. The van der Waals surface area contributed by atoms with Crippen molar-refractivity contribution >= 4 is 0 Å². The van der Waals surface area contributed by atoms with Crippen molar-refractivity contribution in [3.63, 3.8) is 0 Å². The third kappa shape index (κ3) is 5.04. The average molecular weight is 341 g/mol. The van der Waals surface area contributed by atoms with Gasteiger partial charge >= 0.3 is 0 Å². The van der Waals surface area contributed by atoms with Gasteiger partial charge in [-0.1, -0.05) is 47.6 Å². The van der Waals surface area contributed by atoms with Gasteiger partial charge in [-0.05, 0) is 43.5 Å². The van der Waals surface area contributed by atoms with Crippen LogP contribution in [0.3, 0.4) is 0 Å². The molecule has 0 saturated heterocycles. The molecule has 0 N–H and O–H groups in total. The third-order valence-electron chi connectivity index (χ3n) is 4.43. The number of rotatable bonds is 6. The molecule has 2 aromatic rings. The first-order valence-corrected chi connectivity index (χ1v) is 9.26. The van der Waals surface area contributed by atoms with Crippen LogP contribution in [0.5, 0.6) is 5.88 Å². The summed E-state index contributed by atoms with van der Waals surface area (Å²) in [6.07, 6.45) is 1.86. The van der Waals surface area contributed by atoms with Crippen LogP contribution in [0.4, 0.5) is 0 Å². The molecule has 0 aliphatic carbocycles. The van der Waals surface area contributed by atoms with Crippen LogP contribution in [0.1, 0.15) is 71.1 Å². The van der Waals surface area contributed by atoms with Gasteiger partial charge in [0.1, 0.15) is 0 Å². The summed E-state index contributed by atoms with van der Waals surface area (Å²) in [5, 5.41) is 0. The van der Waals surface area contributed by atoms with Crippen LogP contribution in [-0.2, 0) is 23.7 Å². The number of hydrogen-bond acceptors (Lipinski definition) is 3. The molecule has 0 aliphatic rings. The maximum absolute atomic E-state index is 5.71. The van der Waals surface area contributed by atoms with Gasteiger partial charge < -0.3 is 4.74 Å². The Hall–Kier alpha value is -1.90. The molecule has 0 amide bonds. The summed E-state index contributed by atoms with van der Waals surface area (Å²) in [5.74, 6) is 0.719. The zero-order chi connectivity index (χ0) is 18.7. The van der Waals surface area contributed by atoms with Gasteiger partial charge in [-0.15, -0.1) is 0 Å². The molecule has 25 heavy (non-hydrogen) atoms. The van der Waals surface area contributed by atoms with E-state index in [4.69, 9.17) is 9.72 Å². The van der Waals surface area contributed by atoms with Crippen molar-refractivity contribution in [3.05, 3.63) is 53.0 Å². The SMILES string of the molecule is CCOc1cc(CC(C)(C)c2cccc(CC)n2)cc(C(C)(C)C)n1. The molecule has 2 heterocycles. The second kappa shape index (κ2) is 7.55. The summed E-state index contributed by atoms with van der Waals surface area (Å²) in [7, 11) is 0. The fraction of sp³-hybridized carbons (Fsp3) is 0.545. The molecule has 0 aliphatic heterocycles. The quantitative estimate of drug-likeness (QED) is 0.720. The van der Waals surface area contributed by atoms with Gasteiger partial charge in [0, 0.05) is 28.3 Å². The molecule has 2 rings (SSSR count). The van der Waals surface area contributed by atoms with Crippen LogP contribution < -0.4 is 4.74 Å². The highest BCUT2D eigenvalue weighted by Crippen LogP contribution is 2.30. The van der Waals surface area contributed by atoms with E-state index in [1.807, 2.05) is 6.92 Å². The lowest BCUT2D eigenvalue weighted by Crippen LogP contribution is -2.23. The first-order chi connectivity index (χ1) is 11.7. The molecule has 0 spiro atoms. The Morgan fingerprint density at radius 2 is 1.64 bits per heavy atom. The second-order valence-electron chi connectivity index (χ2n) is 8.31. The molecule has 2 aromatic heterocycles. The van der Waals surface area contributed by atoms with Crippen LogP contribution in [-0.4, -0.2) is 16.6 Å². The Morgan fingerprint density at radius 1 is 0.920 bits per heavy atom. The second-order valence-corrected chi connectivity index (χ2v) is 8.31. The zero-order valence-corrected chi connectivity index (χ0v) is 16.8. The molecule has 0 radical (unpaired) electrons. The van der Waals surface area contributed by atoms with E-state index in [0.29, 0.717) is 6.61 Å². The van der Waals surface area contributed by atoms with Crippen molar-refractivity contribution in [2.75, 3.05) is 6.61 Å². The van der Waals surface area contributed by atoms with Crippen molar-refractivity contribution < 1.29 is 4.74 Å². The number of aryl methyl sites for hydroxylation is 1. The van der Waals surface area contributed by atoms with Gasteiger partial charge in [0.2, 0.25) is 5.88 Å². The molecule has 0 bridgehead atoms. The zero-order valence-electron chi connectivity index (χ0n) is 16.8. The van der Waals surface area contributed by atoms with E-state index in [0.717, 1.165) is 35.8 Å². The fourth-order valence-electron chi connectivity index (χ4n) is 2.92. The molecule has 0 saturated carbocycles. The van der Waals surface area contributed by atoms with Crippen molar-refractivity contribution in [1.29, 1.82) is 0 Å². The van der Waals surface area contributed by atoms with E-state index in [1.165, 1.54) is 5.56 Å². The molecule has 0 unspecified atom stereocenters. The summed E-state index contributed by atoms with van der Waals surface area (Å²) in [6.45, 7) is 15.8. The third-order valence-corrected chi connectivity index (χ3v) is 4.43. The van der Waals surface area contributed by atoms with Crippen LogP contribution in [0.2, 0.25) is 0 Å². The van der Waals surface area contributed by atoms with Crippen LogP contribution in [0.15, 0.2) is 30.3 Å². The van der Waals surface area contributed by atoms with E-state index in [1.54, 1.807) is 0 Å². The van der Waals surface area contributed by atoms with Crippen molar-refractivity contribution in [1.82, 2.24) is 9.97 Å². The Labute approximate surface area is 152 Å². The Bertz CT molecular complexity index is 714. The minimum atomic E-state index is -0.0504. The van der Waals surface area contributed by atoms with Gasteiger partial charge in [0.15, 0.2) is 0 Å². The lowest BCUT2D eigenvalue weighted by Gasteiger charge is -2.26. The highest BCUT2D eigenvalue weighted by atomic mass is 16.5. The van der Waals surface area contributed by atoms with Crippen molar-refractivity contribution in [2.24, 2.45) is 0 Å².